The van der Waals surface area contributed by atoms with Crippen LogP contribution in [0.3, 0.4) is 0 Å². The van der Waals surface area contributed by atoms with Gasteiger partial charge in [0.1, 0.15) is 12.4 Å². The van der Waals surface area contributed by atoms with Gasteiger partial charge in [-0.2, -0.15) is 0 Å². The van der Waals surface area contributed by atoms with Gasteiger partial charge in [0, 0.05) is 45.8 Å². The molecule has 7 heteroatoms. The number of amides is 1. The van der Waals surface area contributed by atoms with E-state index in [2.05, 4.69) is 16.9 Å². The molecule has 2 aromatic rings. The Kier molecular flexibility index (Phi) is 6.46. The molecule has 27 heavy (non-hydrogen) atoms. The van der Waals surface area contributed by atoms with Crippen molar-refractivity contribution in [2.24, 2.45) is 11.8 Å². The number of imidazole rings is 1. The van der Waals surface area contributed by atoms with Gasteiger partial charge in [-0.1, -0.05) is 12.1 Å². The summed E-state index contributed by atoms with van der Waals surface area (Å²) in [5.41, 5.74) is 1.90. The van der Waals surface area contributed by atoms with Crippen LogP contribution in [0.2, 0.25) is 0 Å². The van der Waals surface area contributed by atoms with Crippen LogP contribution in [0.25, 0.3) is 11.0 Å². The number of aromatic nitrogens is 2. The lowest BCUT2D eigenvalue weighted by Crippen LogP contribution is -2.34. The zero-order chi connectivity index (χ0) is 19.4. The quantitative estimate of drug-likeness (QED) is 0.746. The fraction of sp³-hybridized carbons (Fsp3) is 0.600. The fourth-order valence-electron chi connectivity index (χ4n) is 3.93. The number of carbonyl (C=O) groups is 1. The summed E-state index contributed by atoms with van der Waals surface area (Å²) in [5.74, 6) is 1.33. The maximum atomic E-state index is 12.9. The first-order valence-electron chi connectivity index (χ1n) is 9.51. The number of para-hydroxylation sites is 2. The van der Waals surface area contributed by atoms with Gasteiger partial charge in [-0.25, -0.2) is 4.98 Å². The Balaban J connectivity index is 1.65. The molecule has 2 heterocycles. The largest absolute Gasteiger partial charge is 0.396 e. The molecular formula is C20H30N4O3. The predicted molar refractivity (Wildman–Crippen MR) is 104 cm³/mol. The lowest BCUT2D eigenvalue weighted by Gasteiger charge is -2.23. The Labute approximate surface area is 160 Å². The topological polar surface area (TPSA) is 70.8 Å². The average Bonchev–Trinajstić information content (AvgIpc) is 3.21. The summed E-state index contributed by atoms with van der Waals surface area (Å²) in [6, 6.07) is 7.88. The predicted octanol–water partition coefficient (Wildman–Crippen LogP) is 0.990. The Hall–Kier alpha value is -1.96. The second-order valence-electron chi connectivity index (χ2n) is 7.49. The van der Waals surface area contributed by atoms with Crippen molar-refractivity contribution in [2.45, 2.75) is 13.5 Å². The Morgan fingerprint density at radius 2 is 2.07 bits per heavy atom. The molecule has 1 aliphatic rings. The van der Waals surface area contributed by atoms with Gasteiger partial charge in [0.05, 0.1) is 17.6 Å². The van der Waals surface area contributed by atoms with E-state index in [-0.39, 0.29) is 30.9 Å². The van der Waals surface area contributed by atoms with Gasteiger partial charge in [0.15, 0.2) is 0 Å². The Morgan fingerprint density at radius 3 is 2.81 bits per heavy atom. The molecule has 0 radical (unpaired) electrons. The van der Waals surface area contributed by atoms with Gasteiger partial charge < -0.3 is 24.2 Å². The number of aliphatic hydroxyl groups is 1. The van der Waals surface area contributed by atoms with Gasteiger partial charge in [-0.05, 0) is 32.0 Å². The highest BCUT2D eigenvalue weighted by Crippen LogP contribution is 2.25. The number of hydrogen-bond acceptors (Lipinski definition) is 5. The number of ether oxygens (including phenoxy) is 1. The molecule has 148 valence electrons. The third-order valence-corrected chi connectivity index (χ3v) is 5.53. The molecule has 0 bridgehead atoms. The van der Waals surface area contributed by atoms with Crippen molar-refractivity contribution in [2.75, 3.05) is 53.6 Å². The van der Waals surface area contributed by atoms with Crippen LogP contribution < -0.4 is 0 Å². The van der Waals surface area contributed by atoms with Crippen LogP contribution in [0.5, 0.6) is 0 Å². The summed E-state index contributed by atoms with van der Waals surface area (Å²) in [4.78, 5) is 21.6. The summed E-state index contributed by atoms with van der Waals surface area (Å²) in [6.45, 7) is 6.02. The minimum absolute atomic E-state index is 0.0850. The minimum atomic E-state index is 0.0850. The molecule has 0 unspecified atom stereocenters. The second kappa shape index (κ2) is 8.82. The van der Waals surface area contributed by atoms with Crippen LogP contribution in [-0.4, -0.2) is 83.9 Å². The summed E-state index contributed by atoms with van der Waals surface area (Å²) in [7, 11) is 3.75. The van der Waals surface area contributed by atoms with Crippen molar-refractivity contribution in [3.8, 4) is 0 Å². The summed E-state index contributed by atoms with van der Waals surface area (Å²) in [5, 5.41) is 9.77. The highest BCUT2D eigenvalue weighted by atomic mass is 16.5. The van der Waals surface area contributed by atoms with Crippen LogP contribution in [0.15, 0.2) is 24.3 Å². The number of rotatable bonds is 8. The highest BCUT2D eigenvalue weighted by molar-refractivity contribution is 5.81. The van der Waals surface area contributed by atoms with E-state index in [0.29, 0.717) is 19.7 Å². The standard InChI is InChI=1S/C20H30N4O3/c1-15-21-18-6-4-5-7-19(18)24(15)13-20(26)23-11-16(17(12-23)14-25)10-22(2)8-9-27-3/h4-7,16-17,25H,8-14H2,1-3H3/t16-,17-/m1/s1. The lowest BCUT2D eigenvalue weighted by atomic mass is 9.96. The molecule has 1 saturated heterocycles. The zero-order valence-corrected chi connectivity index (χ0v) is 16.5. The molecule has 0 aliphatic carbocycles. The number of aliphatic hydroxyl groups excluding tert-OH is 1. The van der Waals surface area contributed by atoms with Crippen molar-refractivity contribution in [1.29, 1.82) is 0 Å². The van der Waals surface area contributed by atoms with Crippen LogP contribution >= 0.6 is 0 Å². The summed E-state index contributed by atoms with van der Waals surface area (Å²) in [6.07, 6.45) is 0. The van der Waals surface area contributed by atoms with Gasteiger partial charge in [0.25, 0.3) is 0 Å². The molecule has 0 saturated carbocycles. The van der Waals surface area contributed by atoms with Crippen molar-refractivity contribution < 1.29 is 14.6 Å². The van der Waals surface area contributed by atoms with Crippen molar-refractivity contribution in [1.82, 2.24) is 19.4 Å². The second-order valence-corrected chi connectivity index (χ2v) is 7.49. The molecule has 2 atom stereocenters. The van der Waals surface area contributed by atoms with E-state index < -0.39 is 0 Å². The molecule has 1 aliphatic heterocycles. The summed E-state index contributed by atoms with van der Waals surface area (Å²) >= 11 is 0. The lowest BCUT2D eigenvalue weighted by molar-refractivity contribution is -0.131. The first kappa shape index (κ1) is 19.8. The molecule has 1 aromatic carbocycles. The number of nitrogens with zero attached hydrogens (tertiary/aromatic N) is 4. The van der Waals surface area contributed by atoms with E-state index in [4.69, 9.17) is 4.74 Å². The molecule has 1 N–H and O–H groups in total. The highest BCUT2D eigenvalue weighted by Gasteiger charge is 2.35. The number of fused-ring (bicyclic) bond motifs is 1. The van der Waals surface area contributed by atoms with Crippen LogP contribution in [0.1, 0.15) is 5.82 Å². The smallest absolute Gasteiger partial charge is 0.242 e. The van der Waals surface area contributed by atoms with Gasteiger partial charge in [-0.3, -0.25) is 4.79 Å². The average molecular weight is 374 g/mol. The van der Waals surface area contributed by atoms with E-state index in [1.54, 1.807) is 7.11 Å². The normalized spacial score (nSPS) is 20.1. The van der Waals surface area contributed by atoms with E-state index in [0.717, 1.165) is 29.9 Å². The van der Waals surface area contributed by atoms with E-state index >= 15 is 0 Å². The number of methoxy groups -OCH3 is 1. The number of aryl methyl sites for hydroxylation is 1. The van der Waals surface area contributed by atoms with E-state index in [9.17, 15) is 9.90 Å². The summed E-state index contributed by atoms with van der Waals surface area (Å²) < 4.78 is 7.11. The maximum absolute atomic E-state index is 12.9. The van der Waals surface area contributed by atoms with Crippen LogP contribution in [0, 0.1) is 18.8 Å². The number of carbonyl (C=O) groups excluding carboxylic acids is 1. The number of likely N-dealkylation sites (N-methyl/N-ethyl adjacent to an activating group) is 1. The minimum Gasteiger partial charge on any atom is -0.396 e. The molecule has 3 rings (SSSR count). The SMILES string of the molecule is COCCN(C)C[C@@H]1CN(C(=O)Cn2c(C)nc3ccccc32)C[C@@H]1CO. The monoisotopic (exact) mass is 374 g/mol. The van der Waals surface area contributed by atoms with Gasteiger partial charge in [0.2, 0.25) is 5.91 Å². The third-order valence-electron chi connectivity index (χ3n) is 5.53. The molecule has 0 spiro atoms. The van der Waals surface area contributed by atoms with Crippen molar-refractivity contribution in [3.05, 3.63) is 30.1 Å². The molecule has 7 nitrogen and oxygen atoms in total. The van der Waals surface area contributed by atoms with Crippen LogP contribution in [0.4, 0.5) is 0 Å². The molecule has 1 fully saturated rings. The van der Waals surface area contributed by atoms with E-state index in [1.807, 2.05) is 40.7 Å². The fourth-order valence-corrected chi connectivity index (χ4v) is 3.93. The molecular weight excluding hydrogens is 344 g/mol. The van der Waals surface area contributed by atoms with Gasteiger partial charge in [-0.15, -0.1) is 0 Å². The Morgan fingerprint density at radius 1 is 1.33 bits per heavy atom. The van der Waals surface area contributed by atoms with Crippen molar-refractivity contribution in [3.63, 3.8) is 0 Å². The number of benzene rings is 1. The van der Waals surface area contributed by atoms with Crippen LogP contribution in [-0.2, 0) is 16.1 Å². The maximum Gasteiger partial charge on any atom is 0.242 e. The first-order valence-corrected chi connectivity index (χ1v) is 9.51. The Bertz CT molecular complexity index is 776. The number of likely N-dealkylation sites (tertiary alicyclic amines) is 1. The van der Waals surface area contributed by atoms with Crippen molar-refractivity contribution >= 4 is 16.9 Å². The molecule has 1 aromatic heterocycles. The first-order chi connectivity index (χ1) is 13.0. The van der Waals surface area contributed by atoms with Gasteiger partial charge >= 0.3 is 0 Å². The number of hydrogen-bond donors (Lipinski definition) is 1. The third kappa shape index (κ3) is 4.48. The molecule has 1 amide bonds. The zero-order valence-electron chi connectivity index (χ0n) is 16.5. The van der Waals surface area contributed by atoms with E-state index in [1.165, 1.54) is 0 Å².